The Morgan fingerprint density at radius 3 is 1.95 bits per heavy atom. The fourth-order valence-corrected chi connectivity index (χ4v) is 4.21. The summed E-state index contributed by atoms with van der Waals surface area (Å²) in [6, 6.07) is 0. The summed E-state index contributed by atoms with van der Waals surface area (Å²) in [5.74, 6) is -2.61. The van der Waals surface area contributed by atoms with Gasteiger partial charge in [-0.05, 0) is 0 Å². The van der Waals surface area contributed by atoms with Crippen molar-refractivity contribution in [3.63, 3.8) is 0 Å². The third kappa shape index (κ3) is 2.92. The topological polar surface area (TPSA) is 143 Å². The highest BCUT2D eigenvalue weighted by Crippen LogP contribution is 2.21. The van der Waals surface area contributed by atoms with Crippen molar-refractivity contribution < 1.29 is 36.3 Å². The second-order valence-electron chi connectivity index (χ2n) is 4.17. The standard InChI is InChI=1S/C8H11NO8S2/c1-18(14,15)6-4(10)3-9(8(12)13)7(5(6)11)19(2,16)17/h6-7H,3H2,1-2H3,(H,12,13). The van der Waals surface area contributed by atoms with Crippen LogP contribution in [0.2, 0.25) is 0 Å². The van der Waals surface area contributed by atoms with Gasteiger partial charge in [-0.3, -0.25) is 14.5 Å². The average molecular weight is 313 g/mol. The van der Waals surface area contributed by atoms with E-state index in [1.807, 2.05) is 0 Å². The summed E-state index contributed by atoms with van der Waals surface area (Å²) in [5.41, 5.74) is 0. The van der Waals surface area contributed by atoms with Crippen LogP contribution in [-0.4, -0.2) is 74.2 Å². The molecule has 1 rings (SSSR count). The van der Waals surface area contributed by atoms with Crippen LogP contribution in [0.25, 0.3) is 0 Å². The maximum atomic E-state index is 11.9. The monoisotopic (exact) mass is 313 g/mol. The summed E-state index contributed by atoms with van der Waals surface area (Å²) in [4.78, 5) is 34.4. The van der Waals surface area contributed by atoms with Crippen LogP contribution in [0.5, 0.6) is 0 Å². The molecule has 108 valence electrons. The minimum Gasteiger partial charge on any atom is -0.465 e. The Hall–Kier alpha value is -1.49. The third-order valence-corrected chi connectivity index (χ3v) is 5.13. The minimum atomic E-state index is -4.21. The number of sulfone groups is 2. The van der Waals surface area contributed by atoms with Gasteiger partial charge in [0.2, 0.25) is 0 Å². The quantitative estimate of drug-likeness (QED) is 0.571. The maximum absolute atomic E-state index is 11.9. The van der Waals surface area contributed by atoms with Crippen LogP contribution >= 0.6 is 0 Å². The number of carbonyl (C=O) groups excluding carboxylic acids is 2. The lowest BCUT2D eigenvalue weighted by molar-refractivity contribution is -0.132. The number of likely N-dealkylation sites (tertiary alicyclic amines) is 1. The van der Waals surface area contributed by atoms with Gasteiger partial charge in [0.15, 0.2) is 41.9 Å². The van der Waals surface area contributed by atoms with Gasteiger partial charge in [-0.1, -0.05) is 0 Å². The van der Waals surface area contributed by atoms with E-state index >= 15 is 0 Å². The highest BCUT2D eigenvalue weighted by molar-refractivity contribution is 7.94. The molecule has 9 nitrogen and oxygen atoms in total. The van der Waals surface area contributed by atoms with Gasteiger partial charge in [-0.25, -0.2) is 21.6 Å². The number of nitrogens with zero attached hydrogens (tertiary/aromatic N) is 1. The van der Waals surface area contributed by atoms with Crippen LogP contribution < -0.4 is 0 Å². The Morgan fingerprint density at radius 1 is 1.16 bits per heavy atom. The van der Waals surface area contributed by atoms with Crippen LogP contribution in [0.1, 0.15) is 0 Å². The molecule has 2 atom stereocenters. The fraction of sp³-hybridized carbons (Fsp3) is 0.625. The van der Waals surface area contributed by atoms with E-state index in [9.17, 15) is 31.2 Å². The lowest BCUT2D eigenvalue weighted by Crippen LogP contribution is -2.62. The molecule has 0 aromatic carbocycles. The summed E-state index contributed by atoms with van der Waals surface area (Å²) in [6.07, 6.45) is -0.576. The molecule has 0 radical (unpaired) electrons. The molecule has 19 heavy (non-hydrogen) atoms. The second-order valence-corrected chi connectivity index (χ2v) is 8.41. The van der Waals surface area contributed by atoms with Crippen molar-refractivity contribution in [3.05, 3.63) is 0 Å². The molecule has 0 spiro atoms. The van der Waals surface area contributed by atoms with E-state index in [2.05, 4.69) is 0 Å². The first-order valence-corrected chi connectivity index (χ1v) is 8.72. The number of Topliss-reactive ketones (excluding diaryl/α,β-unsaturated/α-hetero) is 2. The van der Waals surface area contributed by atoms with E-state index in [4.69, 9.17) is 5.11 Å². The zero-order chi connectivity index (χ0) is 15.2. The summed E-state index contributed by atoms with van der Waals surface area (Å²) in [5, 5.41) is 4.49. The fourth-order valence-electron chi connectivity index (χ4n) is 1.84. The summed E-state index contributed by atoms with van der Waals surface area (Å²) >= 11 is 0. The normalized spacial score (nSPS) is 25.5. The summed E-state index contributed by atoms with van der Waals surface area (Å²) < 4.78 is 45.6. The van der Waals surface area contributed by atoms with Crippen LogP contribution in [0.15, 0.2) is 0 Å². The third-order valence-electron chi connectivity index (χ3n) is 2.48. The van der Waals surface area contributed by atoms with Crippen molar-refractivity contribution in [2.45, 2.75) is 10.6 Å². The molecular weight excluding hydrogens is 302 g/mol. The van der Waals surface area contributed by atoms with Crippen molar-refractivity contribution in [2.24, 2.45) is 0 Å². The molecular formula is C8H11NO8S2. The highest BCUT2D eigenvalue weighted by atomic mass is 32.2. The molecule has 0 aromatic rings. The minimum absolute atomic E-state index is 0.127. The predicted octanol–water partition coefficient (Wildman–Crippen LogP) is -2.10. The van der Waals surface area contributed by atoms with E-state index in [0.29, 0.717) is 12.5 Å². The molecule has 0 aliphatic carbocycles. The molecule has 1 N–H and O–H groups in total. The Morgan fingerprint density at radius 2 is 1.63 bits per heavy atom. The van der Waals surface area contributed by atoms with E-state index < -0.39 is 54.5 Å². The molecule has 1 aliphatic heterocycles. The van der Waals surface area contributed by atoms with Crippen molar-refractivity contribution >= 4 is 37.3 Å². The van der Waals surface area contributed by atoms with Gasteiger partial charge < -0.3 is 5.11 Å². The Balaban J connectivity index is 3.44. The maximum Gasteiger partial charge on any atom is 0.409 e. The van der Waals surface area contributed by atoms with Gasteiger partial charge in [-0.2, -0.15) is 0 Å². The van der Waals surface area contributed by atoms with Crippen LogP contribution in [-0.2, 0) is 29.3 Å². The van der Waals surface area contributed by atoms with Crippen LogP contribution in [0.3, 0.4) is 0 Å². The van der Waals surface area contributed by atoms with Gasteiger partial charge in [0.1, 0.15) is 0 Å². The number of carbonyl (C=O) groups is 3. The van der Waals surface area contributed by atoms with Gasteiger partial charge in [0.05, 0.1) is 6.54 Å². The molecule has 1 fully saturated rings. The lowest BCUT2D eigenvalue weighted by Gasteiger charge is -2.33. The van der Waals surface area contributed by atoms with E-state index in [1.54, 1.807) is 0 Å². The number of piperidine rings is 1. The number of hydrogen-bond donors (Lipinski definition) is 1. The molecule has 1 heterocycles. The lowest BCUT2D eigenvalue weighted by atomic mass is 10.1. The van der Waals surface area contributed by atoms with E-state index in [1.165, 1.54) is 0 Å². The molecule has 2 unspecified atom stereocenters. The molecule has 1 amide bonds. The van der Waals surface area contributed by atoms with E-state index in [-0.39, 0.29) is 4.90 Å². The number of hydrogen-bond acceptors (Lipinski definition) is 7. The molecule has 1 saturated heterocycles. The van der Waals surface area contributed by atoms with Gasteiger partial charge in [-0.15, -0.1) is 0 Å². The van der Waals surface area contributed by atoms with Crippen molar-refractivity contribution in [1.82, 2.24) is 4.90 Å². The van der Waals surface area contributed by atoms with E-state index in [0.717, 1.165) is 0 Å². The van der Waals surface area contributed by atoms with Crippen molar-refractivity contribution in [1.29, 1.82) is 0 Å². The zero-order valence-corrected chi connectivity index (χ0v) is 11.6. The predicted molar refractivity (Wildman–Crippen MR) is 62.0 cm³/mol. The second kappa shape index (κ2) is 4.56. The number of rotatable bonds is 2. The molecule has 0 saturated carbocycles. The summed E-state index contributed by atoms with van der Waals surface area (Å²) in [7, 11) is -8.36. The first-order chi connectivity index (χ1) is 8.37. The zero-order valence-electron chi connectivity index (χ0n) is 9.93. The van der Waals surface area contributed by atoms with Crippen LogP contribution in [0, 0.1) is 0 Å². The Bertz CT molecular complexity index is 646. The summed E-state index contributed by atoms with van der Waals surface area (Å²) in [6.45, 7) is -0.962. The Labute approximate surface area is 109 Å². The highest BCUT2D eigenvalue weighted by Gasteiger charge is 2.52. The molecule has 1 aliphatic rings. The molecule has 0 bridgehead atoms. The average Bonchev–Trinajstić information content (AvgIpc) is 2.11. The SMILES string of the molecule is CS(=O)(=O)C1C(=O)CN(C(=O)O)C(S(C)(=O)=O)C1=O. The largest absolute Gasteiger partial charge is 0.465 e. The first-order valence-electron chi connectivity index (χ1n) is 4.81. The van der Waals surface area contributed by atoms with Crippen LogP contribution in [0.4, 0.5) is 4.79 Å². The Kier molecular flexibility index (Phi) is 3.74. The van der Waals surface area contributed by atoms with Gasteiger partial charge >= 0.3 is 6.09 Å². The van der Waals surface area contributed by atoms with Gasteiger partial charge in [0, 0.05) is 12.5 Å². The number of amides is 1. The van der Waals surface area contributed by atoms with Crippen molar-refractivity contribution in [3.8, 4) is 0 Å². The smallest absolute Gasteiger partial charge is 0.409 e. The molecule has 11 heteroatoms. The molecule has 0 aromatic heterocycles. The van der Waals surface area contributed by atoms with Crippen molar-refractivity contribution in [2.75, 3.05) is 19.1 Å². The number of carboxylic acid groups (broad SMARTS) is 1. The van der Waals surface area contributed by atoms with Gasteiger partial charge in [0.25, 0.3) is 0 Å². The number of ketones is 2. The first kappa shape index (κ1) is 15.6.